The highest BCUT2D eigenvalue weighted by molar-refractivity contribution is 5.88. The van der Waals surface area contributed by atoms with Gasteiger partial charge in [-0.05, 0) is 67.7 Å². The Balaban J connectivity index is 1.50. The van der Waals surface area contributed by atoms with Gasteiger partial charge in [0.1, 0.15) is 11.6 Å². The molecule has 0 aliphatic carbocycles. The normalized spacial score (nSPS) is 19.4. The van der Waals surface area contributed by atoms with Gasteiger partial charge in [0.15, 0.2) is 0 Å². The Bertz CT molecular complexity index is 1220. The lowest BCUT2D eigenvalue weighted by Crippen LogP contribution is -2.57. The molecule has 2 aromatic carbocycles. The lowest BCUT2D eigenvalue weighted by molar-refractivity contribution is 0.0663. The number of aromatic nitrogens is 1. The minimum atomic E-state index is -0.432. The molecule has 1 saturated heterocycles. The van der Waals surface area contributed by atoms with Crippen molar-refractivity contribution in [2.24, 2.45) is 0 Å². The summed E-state index contributed by atoms with van der Waals surface area (Å²) in [7, 11) is 1.65. The van der Waals surface area contributed by atoms with Crippen LogP contribution in [0.25, 0.3) is 10.9 Å². The number of fused-ring (bicyclic) bond motifs is 4. The average molecular weight is 495 g/mol. The quantitative estimate of drug-likeness (QED) is 0.477. The van der Waals surface area contributed by atoms with Crippen LogP contribution in [0.15, 0.2) is 42.5 Å². The number of urea groups is 1. The largest absolute Gasteiger partial charge is 0.497 e. The summed E-state index contributed by atoms with van der Waals surface area (Å²) >= 11 is 0. The topological polar surface area (TPSA) is 80.8 Å². The van der Waals surface area contributed by atoms with Crippen molar-refractivity contribution in [3.8, 4) is 5.75 Å². The van der Waals surface area contributed by atoms with Crippen molar-refractivity contribution < 1.29 is 19.0 Å². The van der Waals surface area contributed by atoms with E-state index in [1.807, 2.05) is 36.1 Å². The molecule has 3 heterocycles. The van der Waals surface area contributed by atoms with E-state index in [1.54, 1.807) is 7.11 Å². The van der Waals surface area contributed by atoms with Gasteiger partial charge < -0.3 is 25.0 Å². The maximum atomic E-state index is 13.4. The number of halogens is 1. The van der Waals surface area contributed by atoms with Crippen LogP contribution < -0.4 is 10.1 Å². The van der Waals surface area contributed by atoms with Crippen LogP contribution in [0.3, 0.4) is 0 Å². The van der Waals surface area contributed by atoms with Crippen molar-refractivity contribution in [1.29, 1.82) is 0 Å². The standard InChI is InChI=1S/C28H35FN4O3/c1-3-12-30-27(35)33-18-28(10-13-32(14-11-28)16-19-4-6-20(29)7-5-19)25-22-9-8-21(36-2)15-23(22)31-26(25)24(33)17-34/h4-9,15,24,31,34H,3,10-14,16-18H2,1-2H3,(H,30,35)/t24-/m1/s1. The van der Waals surface area contributed by atoms with Crippen molar-refractivity contribution in [2.45, 2.75) is 44.2 Å². The summed E-state index contributed by atoms with van der Waals surface area (Å²) in [5, 5.41) is 14.6. The fraction of sp³-hybridized carbons (Fsp3) is 0.464. The molecule has 2 amide bonds. The van der Waals surface area contributed by atoms with Crippen molar-refractivity contribution in [3.63, 3.8) is 0 Å². The highest BCUT2D eigenvalue weighted by Crippen LogP contribution is 2.49. The third kappa shape index (κ3) is 4.44. The van der Waals surface area contributed by atoms with Gasteiger partial charge in [-0.25, -0.2) is 9.18 Å². The number of methoxy groups -OCH3 is 1. The number of nitrogens with zero attached hydrogens (tertiary/aromatic N) is 2. The maximum absolute atomic E-state index is 13.4. The van der Waals surface area contributed by atoms with E-state index in [0.29, 0.717) is 13.1 Å². The van der Waals surface area contributed by atoms with Gasteiger partial charge in [0.25, 0.3) is 0 Å². The summed E-state index contributed by atoms with van der Waals surface area (Å²) in [6, 6.07) is 12.2. The van der Waals surface area contributed by atoms with E-state index in [4.69, 9.17) is 4.74 Å². The molecule has 0 radical (unpaired) electrons. The summed E-state index contributed by atoms with van der Waals surface area (Å²) in [6.07, 6.45) is 2.62. The lowest BCUT2D eigenvalue weighted by atomic mass is 9.68. The second kappa shape index (κ2) is 10.1. The molecule has 1 aromatic heterocycles. The third-order valence-corrected chi connectivity index (χ3v) is 7.84. The number of rotatable bonds is 6. The second-order valence-corrected chi connectivity index (χ2v) is 10.1. The highest BCUT2D eigenvalue weighted by Gasteiger charge is 2.48. The van der Waals surface area contributed by atoms with E-state index < -0.39 is 6.04 Å². The monoisotopic (exact) mass is 494 g/mol. The SMILES string of the molecule is CCCNC(=O)N1CC2(CCN(Cc3ccc(F)cc3)CC2)c2c([nH]c3cc(OC)ccc23)[C@H]1CO. The first-order valence-electron chi connectivity index (χ1n) is 12.8. The van der Waals surface area contributed by atoms with Crippen LogP contribution in [-0.4, -0.2) is 65.8 Å². The predicted molar refractivity (Wildman–Crippen MR) is 138 cm³/mol. The molecule has 3 aromatic rings. The average Bonchev–Trinajstić information content (AvgIpc) is 3.29. The van der Waals surface area contributed by atoms with Crippen LogP contribution in [0.4, 0.5) is 9.18 Å². The van der Waals surface area contributed by atoms with E-state index in [-0.39, 0.29) is 23.9 Å². The number of hydrogen-bond acceptors (Lipinski definition) is 4. The first-order chi connectivity index (χ1) is 17.5. The Labute approximate surface area is 211 Å². The zero-order valence-electron chi connectivity index (χ0n) is 21.0. The number of H-pyrrole nitrogens is 1. The summed E-state index contributed by atoms with van der Waals surface area (Å²) < 4.78 is 18.8. The lowest BCUT2D eigenvalue weighted by Gasteiger charge is -2.50. The number of ether oxygens (including phenoxy) is 1. The summed E-state index contributed by atoms with van der Waals surface area (Å²) in [5.74, 6) is 0.546. The van der Waals surface area contributed by atoms with E-state index in [2.05, 4.69) is 21.3 Å². The molecule has 0 saturated carbocycles. The smallest absolute Gasteiger partial charge is 0.318 e. The van der Waals surface area contributed by atoms with Crippen LogP contribution >= 0.6 is 0 Å². The maximum Gasteiger partial charge on any atom is 0.318 e. The molecule has 3 N–H and O–H groups in total. The highest BCUT2D eigenvalue weighted by atomic mass is 19.1. The molecule has 36 heavy (non-hydrogen) atoms. The van der Waals surface area contributed by atoms with Crippen molar-refractivity contribution in [1.82, 2.24) is 20.1 Å². The predicted octanol–water partition coefficient (Wildman–Crippen LogP) is 4.32. The Morgan fingerprint density at radius 2 is 1.97 bits per heavy atom. The van der Waals surface area contributed by atoms with Crippen molar-refractivity contribution >= 4 is 16.9 Å². The van der Waals surface area contributed by atoms with Gasteiger partial charge in [-0.1, -0.05) is 19.1 Å². The molecule has 7 nitrogen and oxygen atoms in total. The number of nitrogens with one attached hydrogen (secondary N) is 2. The van der Waals surface area contributed by atoms with Crippen LogP contribution in [-0.2, 0) is 12.0 Å². The number of carbonyl (C=O) groups is 1. The zero-order chi connectivity index (χ0) is 25.3. The number of aromatic amines is 1. The molecule has 1 atom stereocenters. The molecule has 0 bridgehead atoms. The van der Waals surface area contributed by atoms with Crippen LogP contribution in [0.2, 0.25) is 0 Å². The van der Waals surface area contributed by atoms with Gasteiger partial charge in [-0.15, -0.1) is 0 Å². The molecule has 0 unspecified atom stereocenters. The molecule has 2 aliphatic rings. The number of amides is 2. The minimum Gasteiger partial charge on any atom is -0.497 e. The Morgan fingerprint density at radius 1 is 1.22 bits per heavy atom. The Kier molecular flexibility index (Phi) is 6.90. The van der Waals surface area contributed by atoms with E-state index in [1.165, 1.54) is 17.7 Å². The molecule has 1 fully saturated rings. The summed E-state index contributed by atoms with van der Waals surface area (Å²) in [4.78, 5) is 21.0. The number of piperidine rings is 1. The number of benzene rings is 2. The summed E-state index contributed by atoms with van der Waals surface area (Å²) in [5.41, 5.74) is 3.97. The second-order valence-electron chi connectivity index (χ2n) is 10.1. The van der Waals surface area contributed by atoms with Gasteiger partial charge in [0, 0.05) is 47.7 Å². The molecular weight excluding hydrogens is 459 g/mol. The van der Waals surface area contributed by atoms with E-state index in [0.717, 1.165) is 66.8 Å². The van der Waals surface area contributed by atoms with Crippen LogP contribution in [0.1, 0.15) is 49.0 Å². The summed E-state index contributed by atoms with van der Waals surface area (Å²) in [6.45, 7) is 5.55. The Morgan fingerprint density at radius 3 is 2.64 bits per heavy atom. The fourth-order valence-corrected chi connectivity index (χ4v) is 5.95. The number of hydrogen-bond donors (Lipinski definition) is 3. The zero-order valence-corrected chi connectivity index (χ0v) is 21.0. The van der Waals surface area contributed by atoms with Gasteiger partial charge >= 0.3 is 6.03 Å². The third-order valence-electron chi connectivity index (χ3n) is 7.84. The first kappa shape index (κ1) is 24.6. The molecule has 8 heteroatoms. The number of carbonyl (C=O) groups excluding carboxylic acids is 1. The van der Waals surface area contributed by atoms with Gasteiger partial charge in [0.05, 0.1) is 19.8 Å². The Hall–Kier alpha value is -3.10. The fourth-order valence-electron chi connectivity index (χ4n) is 5.95. The molecule has 2 aliphatic heterocycles. The minimum absolute atomic E-state index is 0.133. The number of likely N-dealkylation sites (tertiary alicyclic amines) is 1. The van der Waals surface area contributed by atoms with E-state index in [9.17, 15) is 14.3 Å². The molecule has 1 spiro atoms. The molecular formula is C28H35FN4O3. The van der Waals surface area contributed by atoms with Gasteiger partial charge in [-0.3, -0.25) is 4.90 Å². The molecule has 5 rings (SSSR count). The van der Waals surface area contributed by atoms with E-state index >= 15 is 0 Å². The van der Waals surface area contributed by atoms with Crippen LogP contribution in [0.5, 0.6) is 5.75 Å². The molecule has 192 valence electrons. The van der Waals surface area contributed by atoms with Gasteiger partial charge in [0.2, 0.25) is 0 Å². The van der Waals surface area contributed by atoms with Crippen molar-refractivity contribution in [2.75, 3.05) is 39.9 Å². The number of aliphatic hydroxyl groups is 1. The number of aliphatic hydroxyl groups excluding tert-OH is 1. The van der Waals surface area contributed by atoms with Crippen molar-refractivity contribution in [3.05, 3.63) is 65.1 Å². The van der Waals surface area contributed by atoms with Gasteiger partial charge in [-0.2, -0.15) is 0 Å². The first-order valence-corrected chi connectivity index (χ1v) is 12.8. The van der Waals surface area contributed by atoms with Crippen LogP contribution in [0, 0.1) is 5.82 Å².